The van der Waals surface area contributed by atoms with Crippen LogP contribution in [-0.2, 0) is 4.79 Å². The third-order valence-electron chi connectivity index (χ3n) is 5.97. The molecule has 2 aliphatic rings. The van der Waals surface area contributed by atoms with E-state index in [-0.39, 0.29) is 29.4 Å². The molecular formula is C21H26F6N2O4. The van der Waals surface area contributed by atoms with Crippen LogP contribution in [0.25, 0.3) is 0 Å². The normalized spacial score (nSPS) is 26.4. The zero-order valence-electron chi connectivity index (χ0n) is 17.6. The van der Waals surface area contributed by atoms with E-state index in [1.54, 1.807) is 0 Å². The molecule has 33 heavy (non-hydrogen) atoms. The molecule has 1 aromatic carbocycles. The van der Waals surface area contributed by atoms with Crippen LogP contribution in [0.1, 0.15) is 38.5 Å². The van der Waals surface area contributed by atoms with Gasteiger partial charge in [0.05, 0.1) is 6.61 Å². The summed E-state index contributed by atoms with van der Waals surface area (Å²) in [6.07, 6.45) is -2.48. The molecule has 0 aliphatic heterocycles. The number of ether oxygens (including phenoxy) is 2. The van der Waals surface area contributed by atoms with E-state index in [0.717, 1.165) is 18.2 Å². The van der Waals surface area contributed by atoms with Gasteiger partial charge in [0, 0.05) is 24.1 Å². The predicted octanol–water partition coefficient (Wildman–Crippen LogP) is 3.52. The summed E-state index contributed by atoms with van der Waals surface area (Å²) in [5, 5.41) is 14.2. The zero-order valence-corrected chi connectivity index (χ0v) is 17.6. The van der Waals surface area contributed by atoms with Crippen LogP contribution in [0.4, 0.5) is 26.3 Å². The molecule has 2 saturated carbocycles. The van der Waals surface area contributed by atoms with Gasteiger partial charge in [0.25, 0.3) is 0 Å². The molecule has 3 rings (SSSR count). The number of aliphatic hydroxyl groups is 1. The minimum Gasteiger partial charge on any atom is -0.486 e. The average Bonchev–Trinajstić information content (AvgIpc) is 2.70. The van der Waals surface area contributed by atoms with Crippen molar-refractivity contribution in [2.45, 2.75) is 75.5 Å². The van der Waals surface area contributed by atoms with Crippen molar-refractivity contribution in [3.05, 3.63) is 24.0 Å². The number of amides is 1. The first kappa shape index (κ1) is 25.4. The summed E-state index contributed by atoms with van der Waals surface area (Å²) in [4.78, 5) is 12.4. The van der Waals surface area contributed by atoms with E-state index in [2.05, 4.69) is 15.4 Å². The van der Waals surface area contributed by atoms with E-state index >= 15 is 0 Å². The van der Waals surface area contributed by atoms with E-state index in [0.29, 0.717) is 38.5 Å². The molecule has 0 heterocycles. The molecule has 2 aliphatic carbocycles. The van der Waals surface area contributed by atoms with Crippen molar-refractivity contribution in [2.24, 2.45) is 5.92 Å². The fraction of sp³-hybridized carbons (Fsp3) is 0.667. The molecular weight excluding hydrogens is 458 g/mol. The van der Waals surface area contributed by atoms with Crippen LogP contribution in [-0.4, -0.2) is 54.6 Å². The first-order valence-corrected chi connectivity index (χ1v) is 10.7. The average molecular weight is 484 g/mol. The fourth-order valence-electron chi connectivity index (χ4n) is 4.08. The summed E-state index contributed by atoms with van der Waals surface area (Å²) in [6, 6.07) is 0.432. The Labute approximate surface area is 186 Å². The fourth-order valence-corrected chi connectivity index (χ4v) is 4.08. The van der Waals surface area contributed by atoms with Gasteiger partial charge in [-0.1, -0.05) is 0 Å². The molecule has 2 fully saturated rings. The molecule has 1 aromatic rings. The minimum absolute atomic E-state index is 0.162. The maximum Gasteiger partial charge on any atom is 0.406 e. The Hall–Kier alpha value is -2.21. The minimum atomic E-state index is -4.53. The van der Waals surface area contributed by atoms with Gasteiger partial charge in [-0.2, -0.15) is 22.0 Å². The molecule has 0 unspecified atom stereocenters. The number of aliphatic hydroxyl groups excluding tert-OH is 1. The summed E-state index contributed by atoms with van der Waals surface area (Å²) < 4.78 is 86.6. The zero-order chi connectivity index (χ0) is 24.2. The number of hydrogen-bond acceptors (Lipinski definition) is 5. The van der Waals surface area contributed by atoms with Crippen LogP contribution in [0.3, 0.4) is 0 Å². The van der Waals surface area contributed by atoms with Gasteiger partial charge in [-0.3, -0.25) is 4.79 Å². The van der Waals surface area contributed by atoms with Crippen LogP contribution in [0.15, 0.2) is 18.2 Å². The molecule has 1 atom stereocenters. The van der Waals surface area contributed by atoms with Crippen molar-refractivity contribution in [3.63, 3.8) is 0 Å². The SMILES string of the molecule is O=C(N[C@H]1CC[C@H](N[C@@H](CO)C(F)(F)F)CC1)[C@H]1C[C@H](Oc2cc(F)ccc2OC(F)F)C1. The molecule has 0 spiro atoms. The second-order valence-corrected chi connectivity index (χ2v) is 8.38. The highest BCUT2D eigenvalue weighted by atomic mass is 19.4. The highest BCUT2D eigenvalue weighted by Crippen LogP contribution is 2.37. The van der Waals surface area contributed by atoms with Gasteiger partial charge >= 0.3 is 12.8 Å². The number of benzene rings is 1. The summed E-state index contributed by atoms with van der Waals surface area (Å²) in [5.41, 5.74) is 0. The Bertz CT molecular complexity index is 795. The second-order valence-electron chi connectivity index (χ2n) is 8.38. The van der Waals surface area contributed by atoms with E-state index in [1.165, 1.54) is 0 Å². The van der Waals surface area contributed by atoms with Crippen LogP contribution in [0.5, 0.6) is 11.5 Å². The van der Waals surface area contributed by atoms with Gasteiger partial charge in [0.2, 0.25) is 5.91 Å². The highest BCUT2D eigenvalue weighted by molar-refractivity contribution is 5.80. The summed E-state index contributed by atoms with van der Waals surface area (Å²) in [5.74, 6) is -1.70. The van der Waals surface area contributed by atoms with E-state index < -0.39 is 43.4 Å². The van der Waals surface area contributed by atoms with Gasteiger partial charge in [0.15, 0.2) is 11.5 Å². The molecule has 6 nitrogen and oxygen atoms in total. The Morgan fingerprint density at radius 2 is 1.73 bits per heavy atom. The standard InChI is InChI=1S/C21H26F6N2O4/c22-12-1-6-16(33-20(23)24)17(9-12)32-15-7-11(8-15)19(31)29-14-4-2-13(3-5-14)28-18(10-30)21(25,26)27/h1,6,9,11,13-15,18,20,28,30H,2-5,7-8,10H2,(H,29,31)/t11-,13-,14-,15-,18-/m0/s1. The lowest BCUT2D eigenvalue weighted by Gasteiger charge is -2.37. The Balaban J connectivity index is 1.40. The van der Waals surface area contributed by atoms with Crippen LogP contribution < -0.4 is 20.1 Å². The number of hydrogen-bond donors (Lipinski definition) is 3. The Morgan fingerprint density at radius 3 is 2.30 bits per heavy atom. The summed E-state index contributed by atoms with van der Waals surface area (Å²) >= 11 is 0. The quantitative estimate of drug-likeness (QED) is 0.468. The molecule has 186 valence electrons. The molecule has 3 N–H and O–H groups in total. The van der Waals surface area contributed by atoms with Crippen molar-refractivity contribution < 1.29 is 45.7 Å². The largest absolute Gasteiger partial charge is 0.486 e. The third-order valence-corrected chi connectivity index (χ3v) is 5.97. The number of rotatable bonds is 9. The molecule has 0 aromatic heterocycles. The van der Waals surface area contributed by atoms with Crippen LogP contribution in [0, 0.1) is 11.7 Å². The van der Waals surface area contributed by atoms with Crippen molar-refractivity contribution >= 4 is 5.91 Å². The number of nitrogens with one attached hydrogen (secondary N) is 2. The first-order valence-electron chi connectivity index (χ1n) is 10.7. The summed E-state index contributed by atoms with van der Waals surface area (Å²) in [6.45, 7) is -4.12. The molecule has 0 bridgehead atoms. The van der Waals surface area contributed by atoms with Crippen molar-refractivity contribution in [1.82, 2.24) is 10.6 Å². The monoisotopic (exact) mass is 484 g/mol. The maximum atomic E-state index is 13.4. The first-order chi connectivity index (χ1) is 15.5. The van der Waals surface area contributed by atoms with E-state index in [1.807, 2.05) is 0 Å². The molecule has 1 amide bonds. The molecule has 12 heteroatoms. The summed E-state index contributed by atoms with van der Waals surface area (Å²) in [7, 11) is 0. The molecule has 0 radical (unpaired) electrons. The van der Waals surface area contributed by atoms with Gasteiger partial charge in [-0.05, 0) is 50.7 Å². The van der Waals surface area contributed by atoms with Gasteiger partial charge < -0.3 is 25.2 Å². The van der Waals surface area contributed by atoms with E-state index in [9.17, 15) is 31.1 Å². The number of alkyl halides is 5. The number of halogens is 6. The predicted molar refractivity (Wildman–Crippen MR) is 104 cm³/mol. The Morgan fingerprint density at radius 1 is 1.09 bits per heavy atom. The number of carbonyl (C=O) groups is 1. The van der Waals surface area contributed by atoms with Crippen LogP contribution >= 0.6 is 0 Å². The topological polar surface area (TPSA) is 79.8 Å². The highest BCUT2D eigenvalue weighted by Gasteiger charge is 2.41. The van der Waals surface area contributed by atoms with Crippen molar-refractivity contribution in [1.29, 1.82) is 0 Å². The lowest BCUT2D eigenvalue weighted by Crippen LogP contribution is -2.52. The Kier molecular flexibility index (Phi) is 8.33. The van der Waals surface area contributed by atoms with Gasteiger partial charge in [-0.15, -0.1) is 0 Å². The number of carbonyl (C=O) groups excluding carboxylic acids is 1. The smallest absolute Gasteiger partial charge is 0.406 e. The van der Waals surface area contributed by atoms with E-state index in [4.69, 9.17) is 9.84 Å². The van der Waals surface area contributed by atoms with Gasteiger partial charge in [0.1, 0.15) is 18.0 Å². The van der Waals surface area contributed by atoms with Crippen molar-refractivity contribution in [3.8, 4) is 11.5 Å². The maximum absolute atomic E-state index is 13.4. The lowest BCUT2D eigenvalue weighted by molar-refractivity contribution is -0.166. The third kappa shape index (κ3) is 7.13. The van der Waals surface area contributed by atoms with Crippen LogP contribution in [0.2, 0.25) is 0 Å². The lowest BCUT2D eigenvalue weighted by atomic mass is 9.81. The second kappa shape index (κ2) is 10.8. The van der Waals surface area contributed by atoms with Gasteiger partial charge in [-0.25, -0.2) is 4.39 Å². The van der Waals surface area contributed by atoms with Crippen molar-refractivity contribution in [2.75, 3.05) is 6.61 Å². The molecule has 0 saturated heterocycles.